The molecule has 3 aromatic carbocycles. The lowest BCUT2D eigenvalue weighted by Crippen LogP contribution is -2.20. The molecule has 1 aliphatic rings. The van der Waals surface area contributed by atoms with Crippen molar-refractivity contribution in [2.24, 2.45) is 0 Å². The average Bonchev–Trinajstić information content (AvgIpc) is 3.41. The smallest absolute Gasteiger partial charge is 0.335 e. The number of nitrogens with one attached hydrogen (secondary N) is 1. The van der Waals surface area contributed by atoms with Gasteiger partial charge in [0.25, 0.3) is 0 Å². The average molecular weight is 629 g/mol. The Morgan fingerprint density at radius 1 is 0.978 bits per heavy atom. The molecule has 0 aliphatic carbocycles. The van der Waals surface area contributed by atoms with E-state index in [2.05, 4.69) is 21.4 Å². The molecule has 5 aromatic rings. The number of fused-ring (bicyclic) bond motifs is 1. The fourth-order valence-electron chi connectivity index (χ4n) is 5.51. The molecule has 0 saturated heterocycles. The largest absolute Gasteiger partial charge is 0.478 e. The van der Waals surface area contributed by atoms with E-state index in [1.165, 1.54) is 31.4 Å². The number of rotatable bonds is 11. The summed E-state index contributed by atoms with van der Waals surface area (Å²) in [5.41, 5.74) is 3.63. The van der Waals surface area contributed by atoms with E-state index in [1.807, 2.05) is 6.07 Å². The SMILES string of the molecule is COCCn1c(Cc2cc(F)c(-c3cccc(OCc4ccc(C5=CCNCC5)cc4F)n3)cc2F)nc2ccc(C(=O)O)cc21. The lowest BCUT2D eigenvalue weighted by atomic mass is 9.99. The number of carboxylic acid groups (broad SMARTS) is 1. The molecule has 0 amide bonds. The molecule has 2 aromatic heterocycles. The number of aromatic carboxylic acids is 1. The normalized spacial score (nSPS) is 13.2. The van der Waals surface area contributed by atoms with Gasteiger partial charge in [-0.25, -0.2) is 27.9 Å². The van der Waals surface area contributed by atoms with Gasteiger partial charge in [0.1, 0.15) is 29.9 Å². The molecule has 2 N–H and O–H groups in total. The first-order valence-electron chi connectivity index (χ1n) is 14.8. The summed E-state index contributed by atoms with van der Waals surface area (Å²) in [6.07, 6.45) is 2.84. The highest BCUT2D eigenvalue weighted by atomic mass is 19.1. The molecule has 6 rings (SSSR count). The number of pyridine rings is 1. The van der Waals surface area contributed by atoms with E-state index < -0.39 is 23.4 Å². The summed E-state index contributed by atoms with van der Waals surface area (Å²) in [4.78, 5) is 20.4. The molecule has 236 valence electrons. The molecule has 0 radical (unpaired) electrons. The van der Waals surface area contributed by atoms with Crippen molar-refractivity contribution in [2.45, 2.75) is 26.0 Å². The monoisotopic (exact) mass is 628 g/mol. The number of aromatic nitrogens is 3. The first-order chi connectivity index (χ1) is 22.3. The van der Waals surface area contributed by atoms with Gasteiger partial charge in [0.2, 0.25) is 5.88 Å². The number of halogens is 3. The number of carboxylic acids is 1. The Kier molecular flexibility index (Phi) is 9.13. The standard InChI is InChI=1S/C35H31F3N4O4/c1-45-14-13-42-32-17-23(35(43)44)7-8-31(32)40-33(42)18-25-16-29(38)26(19-28(25)37)30-3-2-4-34(41-30)46-20-24-6-5-22(15-27(24)36)21-9-11-39-12-10-21/h2-9,15-17,19,39H,10-14,18,20H2,1H3,(H,43,44). The van der Waals surface area contributed by atoms with Crippen molar-refractivity contribution in [3.8, 4) is 17.1 Å². The second-order valence-corrected chi connectivity index (χ2v) is 10.9. The van der Waals surface area contributed by atoms with E-state index in [1.54, 1.807) is 28.8 Å². The Labute approximate surface area is 263 Å². The molecular weight excluding hydrogens is 597 g/mol. The van der Waals surface area contributed by atoms with Gasteiger partial charge in [-0.3, -0.25) is 0 Å². The fourth-order valence-corrected chi connectivity index (χ4v) is 5.51. The molecule has 0 atom stereocenters. The zero-order valence-corrected chi connectivity index (χ0v) is 25.0. The zero-order chi connectivity index (χ0) is 32.2. The summed E-state index contributed by atoms with van der Waals surface area (Å²) < 4.78 is 58.5. The van der Waals surface area contributed by atoms with Gasteiger partial charge in [-0.15, -0.1) is 0 Å². The molecule has 0 unspecified atom stereocenters. The molecular formula is C35H31F3N4O4. The van der Waals surface area contributed by atoms with E-state index in [0.29, 0.717) is 35.6 Å². The van der Waals surface area contributed by atoms with Crippen molar-refractivity contribution >= 4 is 22.6 Å². The zero-order valence-electron chi connectivity index (χ0n) is 25.0. The van der Waals surface area contributed by atoms with E-state index in [-0.39, 0.29) is 41.3 Å². The molecule has 1 aliphatic heterocycles. The summed E-state index contributed by atoms with van der Waals surface area (Å²) in [5, 5.41) is 12.7. The van der Waals surface area contributed by atoms with Crippen molar-refractivity contribution in [3.63, 3.8) is 0 Å². The Morgan fingerprint density at radius 2 is 1.83 bits per heavy atom. The Morgan fingerprint density at radius 3 is 2.59 bits per heavy atom. The molecule has 0 spiro atoms. The van der Waals surface area contributed by atoms with Gasteiger partial charge in [0.15, 0.2) is 0 Å². The molecule has 3 heterocycles. The molecule has 0 saturated carbocycles. The summed E-state index contributed by atoms with van der Waals surface area (Å²) in [6.45, 7) is 2.17. The van der Waals surface area contributed by atoms with E-state index in [4.69, 9.17) is 9.47 Å². The highest BCUT2D eigenvalue weighted by Gasteiger charge is 2.19. The Hall–Kier alpha value is -5.00. The van der Waals surface area contributed by atoms with Gasteiger partial charge in [-0.2, -0.15) is 0 Å². The van der Waals surface area contributed by atoms with Crippen LogP contribution < -0.4 is 10.1 Å². The van der Waals surface area contributed by atoms with Crippen LogP contribution in [0.15, 0.2) is 72.8 Å². The van der Waals surface area contributed by atoms with Crippen molar-refractivity contribution in [3.05, 3.63) is 118 Å². The molecule has 0 fully saturated rings. The van der Waals surface area contributed by atoms with Crippen LogP contribution in [0.1, 0.15) is 39.3 Å². The van der Waals surface area contributed by atoms with Crippen LogP contribution in [0, 0.1) is 17.5 Å². The van der Waals surface area contributed by atoms with Gasteiger partial charge in [-0.1, -0.05) is 24.3 Å². The third-order valence-corrected chi connectivity index (χ3v) is 7.94. The van der Waals surface area contributed by atoms with E-state index >= 15 is 8.78 Å². The summed E-state index contributed by atoms with van der Waals surface area (Å²) in [7, 11) is 1.53. The number of imidazole rings is 1. The predicted octanol–water partition coefficient (Wildman–Crippen LogP) is 6.41. The number of hydrogen-bond acceptors (Lipinski definition) is 6. The van der Waals surface area contributed by atoms with Gasteiger partial charge in [-0.05, 0) is 72.1 Å². The van der Waals surface area contributed by atoms with E-state index in [0.717, 1.165) is 42.8 Å². The first kappa shape index (κ1) is 31.0. The van der Waals surface area contributed by atoms with Gasteiger partial charge in [0.05, 0.1) is 28.9 Å². The minimum atomic E-state index is -1.08. The Balaban J connectivity index is 1.21. The second kappa shape index (κ2) is 13.6. The van der Waals surface area contributed by atoms with Crippen molar-refractivity contribution < 1.29 is 32.5 Å². The van der Waals surface area contributed by atoms with Crippen LogP contribution in [0.3, 0.4) is 0 Å². The third kappa shape index (κ3) is 6.65. The van der Waals surface area contributed by atoms with Crippen LogP contribution >= 0.6 is 0 Å². The summed E-state index contributed by atoms with van der Waals surface area (Å²) in [6, 6.07) is 16.5. The van der Waals surface area contributed by atoms with E-state index in [9.17, 15) is 14.3 Å². The number of methoxy groups -OCH3 is 1. The molecule has 46 heavy (non-hydrogen) atoms. The summed E-state index contributed by atoms with van der Waals surface area (Å²) in [5.74, 6) is -2.26. The van der Waals surface area contributed by atoms with Gasteiger partial charge >= 0.3 is 5.97 Å². The lowest BCUT2D eigenvalue weighted by molar-refractivity contribution is 0.0697. The maximum atomic E-state index is 15.5. The van der Waals surface area contributed by atoms with Crippen LogP contribution in [0.25, 0.3) is 27.9 Å². The Bertz CT molecular complexity index is 1960. The second-order valence-electron chi connectivity index (χ2n) is 10.9. The van der Waals surface area contributed by atoms with Crippen LogP contribution in [0.4, 0.5) is 13.2 Å². The predicted molar refractivity (Wildman–Crippen MR) is 167 cm³/mol. The number of hydrogen-bond donors (Lipinski definition) is 2. The first-order valence-corrected chi connectivity index (χ1v) is 14.8. The number of nitrogens with zero attached hydrogens (tertiary/aromatic N) is 3. The third-order valence-electron chi connectivity index (χ3n) is 7.94. The van der Waals surface area contributed by atoms with Crippen LogP contribution in [-0.2, 0) is 24.3 Å². The summed E-state index contributed by atoms with van der Waals surface area (Å²) >= 11 is 0. The molecule has 0 bridgehead atoms. The minimum Gasteiger partial charge on any atom is -0.478 e. The van der Waals surface area contributed by atoms with Crippen LogP contribution in [0.5, 0.6) is 5.88 Å². The highest BCUT2D eigenvalue weighted by molar-refractivity contribution is 5.92. The highest BCUT2D eigenvalue weighted by Crippen LogP contribution is 2.29. The quantitative estimate of drug-likeness (QED) is 0.175. The number of ether oxygens (including phenoxy) is 2. The minimum absolute atomic E-state index is 0.0427. The van der Waals surface area contributed by atoms with Crippen molar-refractivity contribution in [1.82, 2.24) is 19.9 Å². The molecule has 11 heteroatoms. The fraction of sp³-hybridized carbons (Fsp3) is 0.229. The number of benzene rings is 3. The van der Waals surface area contributed by atoms with Gasteiger partial charge in [0, 0.05) is 43.8 Å². The lowest BCUT2D eigenvalue weighted by Gasteiger charge is -2.15. The molecule has 8 nitrogen and oxygen atoms in total. The number of carbonyl (C=O) groups is 1. The van der Waals surface area contributed by atoms with Crippen molar-refractivity contribution in [2.75, 3.05) is 26.8 Å². The van der Waals surface area contributed by atoms with Gasteiger partial charge < -0.3 is 24.5 Å². The maximum Gasteiger partial charge on any atom is 0.335 e. The topological polar surface area (TPSA) is 98.5 Å². The van der Waals surface area contributed by atoms with Crippen LogP contribution in [-0.4, -0.2) is 52.4 Å². The maximum absolute atomic E-state index is 15.5. The van der Waals surface area contributed by atoms with Crippen molar-refractivity contribution in [1.29, 1.82) is 0 Å². The van der Waals surface area contributed by atoms with Crippen LogP contribution in [0.2, 0.25) is 0 Å².